The standard InChI is InChI=1S/C12H14ClN3O2/c13-8-11(17)15-4-6-16(7-5-15)12(18)10-2-1-3-14-9-10/h1-3,9H,4-8H2. The number of rotatable bonds is 2. The molecule has 6 heteroatoms. The van der Waals surface area contributed by atoms with E-state index in [0.717, 1.165) is 0 Å². The summed E-state index contributed by atoms with van der Waals surface area (Å²) in [7, 11) is 0. The topological polar surface area (TPSA) is 53.5 Å². The number of piperazine rings is 1. The first-order chi connectivity index (χ1) is 8.72. The summed E-state index contributed by atoms with van der Waals surface area (Å²) in [5.41, 5.74) is 0.578. The van der Waals surface area contributed by atoms with E-state index in [4.69, 9.17) is 11.6 Å². The molecule has 5 nitrogen and oxygen atoms in total. The van der Waals surface area contributed by atoms with Crippen molar-refractivity contribution in [1.29, 1.82) is 0 Å². The van der Waals surface area contributed by atoms with Gasteiger partial charge in [-0.15, -0.1) is 11.6 Å². The predicted octanol–water partition coefficient (Wildman–Crippen LogP) is 0.605. The molecule has 0 atom stereocenters. The van der Waals surface area contributed by atoms with Gasteiger partial charge in [-0.3, -0.25) is 14.6 Å². The lowest BCUT2D eigenvalue weighted by molar-refractivity contribution is -0.129. The molecule has 1 saturated heterocycles. The molecule has 2 amide bonds. The van der Waals surface area contributed by atoms with Crippen LogP contribution < -0.4 is 0 Å². The molecule has 0 aliphatic carbocycles. The first kappa shape index (κ1) is 12.8. The maximum absolute atomic E-state index is 12.1. The highest BCUT2D eigenvalue weighted by molar-refractivity contribution is 6.27. The molecule has 0 unspecified atom stereocenters. The van der Waals surface area contributed by atoms with Gasteiger partial charge in [0.15, 0.2) is 0 Å². The summed E-state index contributed by atoms with van der Waals surface area (Å²) in [6.07, 6.45) is 3.19. The van der Waals surface area contributed by atoms with Gasteiger partial charge in [-0.2, -0.15) is 0 Å². The minimum atomic E-state index is -0.0786. The van der Waals surface area contributed by atoms with Gasteiger partial charge in [0.25, 0.3) is 5.91 Å². The molecular weight excluding hydrogens is 254 g/mol. The van der Waals surface area contributed by atoms with Crippen LogP contribution in [0.25, 0.3) is 0 Å². The Morgan fingerprint density at radius 1 is 1.22 bits per heavy atom. The maximum Gasteiger partial charge on any atom is 0.255 e. The van der Waals surface area contributed by atoms with Crippen molar-refractivity contribution in [1.82, 2.24) is 14.8 Å². The average Bonchev–Trinajstić information content (AvgIpc) is 2.47. The predicted molar refractivity (Wildman–Crippen MR) is 67.4 cm³/mol. The van der Waals surface area contributed by atoms with Crippen molar-refractivity contribution >= 4 is 23.4 Å². The third kappa shape index (κ3) is 2.79. The molecule has 2 heterocycles. The smallest absolute Gasteiger partial charge is 0.255 e. The van der Waals surface area contributed by atoms with E-state index in [2.05, 4.69) is 4.98 Å². The van der Waals surface area contributed by atoms with Crippen molar-refractivity contribution in [2.75, 3.05) is 32.1 Å². The van der Waals surface area contributed by atoms with Crippen LogP contribution >= 0.6 is 11.6 Å². The van der Waals surface area contributed by atoms with Crippen LogP contribution in [-0.2, 0) is 4.79 Å². The number of hydrogen-bond acceptors (Lipinski definition) is 3. The largest absolute Gasteiger partial charge is 0.338 e. The first-order valence-corrected chi connectivity index (χ1v) is 6.29. The van der Waals surface area contributed by atoms with Crippen LogP contribution in [0.5, 0.6) is 0 Å². The van der Waals surface area contributed by atoms with Crippen LogP contribution in [0.1, 0.15) is 10.4 Å². The number of nitrogens with zero attached hydrogens (tertiary/aromatic N) is 3. The van der Waals surface area contributed by atoms with Gasteiger partial charge >= 0.3 is 0 Å². The van der Waals surface area contributed by atoms with E-state index in [0.29, 0.717) is 31.7 Å². The molecule has 0 aromatic carbocycles. The summed E-state index contributed by atoms with van der Waals surface area (Å²) >= 11 is 5.50. The molecule has 0 radical (unpaired) electrons. The van der Waals surface area contributed by atoms with Gasteiger partial charge in [0.1, 0.15) is 5.88 Å². The highest BCUT2D eigenvalue weighted by atomic mass is 35.5. The van der Waals surface area contributed by atoms with Crippen molar-refractivity contribution in [3.05, 3.63) is 30.1 Å². The average molecular weight is 268 g/mol. The van der Waals surface area contributed by atoms with Crippen LogP contribution in [0.15, 0.2) is 24.5 Å². The van der Waals surface area contributed by atoms with Crippen LogP contribution in [-0.4, -0.2) is 58.7 Å². The van der Waals surface area contributed by atoms with Gasteiger partial charge in [0.05, 0.1) is 5.56 Å². The van der Waals surface area contributed by atoms with E-state index in [1.165, 1.54) is 0 Å². The van der Waals surface area contributed by atoms with Gasteiger partial charge in [0.2, 0.25) is 5.91 Å². The minimum absolute atomic E-state index is 0.00342. The fourth-order valence-corrected chi connectivity index (χ4v) is 2.08. The van der Waals surface area contributed by atoms with E-state index >= 15 is 0 Å². The molecular formula is C12H14ClN3O2. The third-order valence-corrected chi connectivity index (χ3v) is 3.17. The zero-order chi connectivity index (χ0) is 13.0. The second-order valence-electron chi connectivity index (χ2n) is 4.05. The van der Waals surface area contributed by atoms with Crippen LogP contribution in [0, 0.1) is 0 Å². The molecule has 1 fully saturated rings. The second-order valence-corrected chi connectivity index (χ2v) is 4.32. The Balaban J connectivity index is 1.94. The number of carbonyl (C=O) groups is 2. The highest BCUT2D eigenvalue weighted by Crippen LogP contribution is 2.08. The van der Waals surface area contributed by atoms with Crippen LogP contribution in [0.3, 0.4) is 0 Å². The Bertz CT molecular complexity index is 430. The van der Waals surface area contributed by atoms with E-state index < -0.39 is 0 Å². The van der Waals surface area contributed by atoms with E-state index in [9.17, 15) is 9.59 Å². The highest BCUT2D eigenvalue weighted by Gasteiger charge is 2.24. The molecule has 1 aromatic rings. The normalized spacial score (nSPS) is 15.6. The van der Waals surface area contributed by atoms with Crippen molar-refractivity contribution < 1.29 is 9.59 Å². The molecule has 0 bridgehead atoms. The van der Waals surface area contributed by atoms with Crippen molar-refractivity contribution in [3.8, 4) is 0 Å². The van der Waals surface area contributed by atoms with Crippen LogP contribution in [0.2, 0.25) is 0 Å². The molecule has 1 aliphatic rings. The Kier molecular flexibility index (Phi) is 4.15. The Morgan fingerprint density at radius 3 is 2.44 bits per heavy atom. The SMILES string of the molecule is O=C(CCl)N1CCN(C(=O)c2cccnc2)CC1. The molecule has 18 heavy (non-hydrogen) atoms. The Labute approximate surface area is 110 Å². The number of hydrogen-bond donors (Lipinski definition) is 0. The monoisotopic (exact) mass is 267 g/mol. The van der Waals surface area contributed by atoms with Crippen molar-refractivity contribution in [2.24, 2.45) is 0 Å². The molecule has 0 N–H and O–H groups in total. The number of alkyl halides is 1. The van der Waals surface area contributed by atoms with E-state index in [1.807, 2.05) is 0 Å². The summed E-state index contributed by atoms with van der Waals surface area (Å²) in [6.45, 7) is 2.15. The quantitative estimate of drug-likeness (QED) is 0.738. The number of carbonyl (C=O) groups excluding carboxylic acids is 2. The lowest BCUT2D eigenvalue weighted by Crippen LogP contribution is -2.51. The summed E-state index contributed by atoms with van der Waals surface area (Å²) in [4.78, 5) is 30.8. The van der Waals surface area contributed by atoms with Gasteiger partial charge in [-0.05, 0) is 12.1 Å². The van der Waals surface area contributed by atoms with Gasteiger partial charge in [0, 0.05) is 38.6 Å². The number of aromatic nitrogens is 1. The lowest BCUT2D eigenvalue weighted by Gasteiger charge is -2.34. The number of halogens is 1. The van der Waals surface area contributed by atoms with Crippen molar-refractivity contribution in [2.45, 2.75) is 0 Å². The molecule has 1 aliphatic heterocycles. The summed E-state index contributed by atoms with van der Waals surface area (Å²) in [5.74, 6) is -0.123. The summed E-state index contributed by atoms with van der Waals surface area (Å²) in [6, 6.07) is 3.48. The molecule has 0 saturated carbocycles. The fraction of sp³-hybridized carbons (Fsp3) is 0.417. The van der Waals surface area contributed by atoms with Gasteiger partial charge < -0.3 is 9.80 Å². The minimum Gasteiger partial charge on any atom is -0.338 e. The van der Waals surface area contributed by atoms with E-state index in [1.54, 1.807) is 34.3 Å². The fourth-order valence-electron chi connectivity index (χ4n) is 1.92. The Hall–Kier alpha value is -1.62. The summed E-state index contributed by atoms with van der Waals surface area (Å²) < 4.78 is 0. The zero-order valence-corrected chi connectivity index (χ0v) is 10.6. The van der Waals surface area contributed by atoms with E-state index in [-0.39, 0.29) is 17.7 Å². The van der Waals surface area contributed by atoms with Gasteiger partial charge in [-0.25, -0.2) is 0 Å². The maximum atomic E-state index is 12.1. The van der Waals surface area contributed by atoms with Crippen LogP contribution in [0.4, 0.5) is 0 Å². The number of amides is 2. The third-order valence-electron chi connectivity index (χ3n) is 2.94. The molecule has 1 aromatic heterocycles. The lowest BCUT2D eigenvalue weighted by atomic mass is 10.2. The Morgan fingerprint density at radius 2 is 1.89 bits per heavy atom. The zero-order valence-electron chi connectivity index (χ0n) is 9.88. The van der Waals surface area contributed by atoms with Crippen molar-refractivity contribution in [3.63, 3.8) is 0 Å². The molecule has 0 spiro atoms. The molecule has 2 rings (SSSR count). The first-order valence-electron chi connectivity index (χ1n) is 5.75. The molecule has 96 valence electrons. The van der Waals surface area contributed by atoms with Gasteiger partial charge in [-0.1, -0.05) is 0 Å². The second kappa shape index (κ2) is 5.82. The summed E-state index contributed by atoms with van der Waals surface area (Å²) in [5, 5.41) is 0. The number of pyridine rings is 1.